The second-order valence-electron chi connectivity index (χ2n) is 10.2. The third kappa shape index (κ3) is 6.23. The third-order valence-electron chi connectivity index (χ3n) is 7.47. The molecule has 2 aliphatic heterocycles. The summed E-state index contributed by atoms with van der Waals surface area (Å²) in [5.41, 5.74) is 0.813. The molecule has 1 aromatic heterocycles. The standard InChI is InChI=1S/C28H29Cl2FN4O5S/c1-18-6-8-33(9-7-18)24-5-4-19(31)15-23(24)32-27(36)20-16-26(22(30)17-21(20)29)41(38,39)35-12-10-34(11-13-35)28(37)25-3-2-14-40-25/h2-5,14-18H,6-13H2,1H3,(H,32,36). The zero-order valence-corrected chi connectivity index (χ0v) is 24.6. The van der Waals surface area contributed by atoms with Gasteiger partial charge in [0, 0.05) is 39.3 Å². The van der Waals surface area contributed by atoms with Gasteiger partial charge in [0.05, 0.1) is 33.2 Å². The lowest BCUT2D eigenvalue weighted by Crippen LogP contribution is -2.50. The summed E-state index contributed by atoms with van der Waals surface area (Å²) < 4.78 is 47.7. The van der Waals surface area contributed by atoms with Gasteiger partial charge in [-0.3, -0.25) is 9.59 Å². The number of sulfonamides is 1. The Hall–Kier alpha value is -3.12. The van der Waals surface area contributed by atoms with Gasteiger partial charge >= 0.3 is 0 Å². The molecule has 0 aliphatic carbocycles. The molecule has 0 unspecified atom stereocenters. The van der Waals surface area contributed by atoms with E-state index in [-0.39, 0.29) is 64.0 Å². The van der Waals surface area contributed by atoms with Crippen molar-refractivity contribution in [3.8, 4) is 0 Å². The predicted molar refractivity (Wildman–Crippen MR) is 155 cm³/mol. The SMILES string of the molecule is CC1CCN(c2ccc(F)cc2NC(=O)c2cc(S(=O)(=O)N3CCN(C(=O)c4ccco4)CC3)c(Cl)cc2Cl)CC1. The average molecular weight is 624 g/mol. The molecule has 3 aromatic rings. The van der Waals surface area contributed by atoms with E-state index in [1.54, 1.807) is 18.2 Å². The van der Waals surface area contributed by atoms with Crippen molar-refractivity contribution in [2.24, 2.45) is 5.92 Å². The average Bonchev–Trinajstić information content (AvgIpc) is 3.48. The van der Waals surface area contributed by atoms with Crippen molar-refractivity contribution in [2.75, 3.05) is 49.5 Å². The maximum absolute atomic E-state index is 14.2. The molecule has 2 aromatic carbocycles. The van der Waals surface area contributed by atoms with E-state index in [2.05, 4.69) is 17.1 Å². The first-order valence-electron chi connectivity index (χ1n) is 13.2. The summed E-state index contributed by atoms with van der Waals surface area (Å²) in [7, 11) is -4.15. The van der Waals surface area contributed by atoms with Gasteiger partial charge in [0.1, 0.15) is 10.7 Å². The van der Waals surface area contributed by atoms with Crippen LogP contribution in [0.1, 0.15) is 40.7 Å². The van der Waals surface area contributed by atoms with Crippen LogP contribution in [-0.4, -0.2) is 68.7 Å². The fraction of sp³-hybridized carbons (Fsp3) is 0.357. The van der Waals surface area contributed by atoms with Crippen LogP contribution in [0, 0.1) is 11.7 Å². The molecule has 1 N–H and O–H groups in total. The number of carbonyl (C=O) groups excluding carboxylic acids is 2. The number of anilines is 2. The Morgan fingerprint density at radius 1 is 0.976 bits per heavy atom. The van der Waals surface area contributed by atoms with Gasteiger partial charge in [0.25, 0.3) is 11.8 Å². The minimum atomic E-state index is -4.15. The number of rotatable bonds is 6. The van der Waals surface area contributed by atoms with Crippen molar-refractivity contribution >= 4 is 56.4 Å². The molecule has 218 valence electrons. The summed E-state index contributed by atoms with van der Waals surface area (Å²) in [6.45, 7) is 4.05. The van der Waals surface area contributed by atoms with Gasteiger partial charge in [-0.05, 0) is 61.2 Å². The van der Waals surface area contributed by atoms with Crippen LogP contribution in [0.15, 0.2) is 58.0 Å². The molecule has 0 bridgehead atoms. The van der Waals surface area contributed by atoms with Crippen molar-refractivity contribution < 1.29 is 26.8 Å². The van der Waals surface area contributed by atoms with Gasteiger partial charge in [-0.15, -0.1) is 0 Å². The van der Waals surface area contributed by atoms with E-state index in [0.29, 0.717) is 11.6 Å². The molecule has 2 aliphatic rings. The van der Waals surface area contributed by atoms with Crippen LogP contribution in [-0.2, 0) is 10.0 Å². The summed E-state index contributed by atoms with van der Waals surface area (Å²) in [5, 5.41) is 2.52. The monoisotopic (exact) mass is 622 g/mol. The van der Waals surface area contributed by atoms with Crippen molar-refractivity contribution in [3.63, 3.8) is 0 Å². The summed E-state index contributed by atoms with van der Waals surface area (Å²) in [5.74, 6) is -0.795. The molecule has 13 heteroatoms. The number of benzene rings is 2. The number of amides is 2. The molecular weight excluding hydrogens is 594 g/mol. The first-order chi connectivity index (χ1) is 19.5. The number of carbonyl (C=O) groups is 2. The summed E-state index contributed by atoms with van der Waals surface area (Å²) >= 11 is 12.7. The topological polar surface area (TPSA) is 103 Å². The minimum Gasteiger partial charge on any atom is -0.459 e. The van der Waals surface area contributed by atoms with E-state index in [4.69, 9.17) is 27.6 Å². The number of piperazine rings is 1. The quantitative estimate of drug-likeness (QED) is 0.397. The van der Waals surface area contributed by atoms with E-state index in [9.17, 15) is 22.4 Å². The van der Waals surface area contributed by atoms with Crippen molar-refractivity contribution in [1.29, 1.82) is 0 Å². The molecule has 2 fully saturated rings. The van der Waals surface area contributed by atoms with E-state index in [1.807, 2.05) is 0 Å². The molecule has 0 radical (unpaired) electrons. The second kappa shape index (κ2) is 12.0. The number of nitrogens with zero attached hydrogens (tertiary/aromatic N) is 3. The first kappa shape index (κ1) is 29.4. The zero-order valence-electron chi connectivity index (χ0n) is 22.3. The Morgan fingerprint density at radius 2 is 1.68 bits per heavy atom. The van der Waals surface area contributed by atoms with E-state index >= 15 is 0 Å². The van der Waals surface area contributed by atoms with Crippen LogP contribution in [0.5, 0.6) is 0 Å². The van der Waals surface area contributed by atoms with Gasteiger partial charge in [-0.2, -0.15) is 4.31 Å². The second-order valence-corrected chi connectivity index (χ2v) is 12.9. The third-order valence-corrected chi connectivity index (χ3v) is 10.1. The van der Waals surface area contributed by atoms with Crippen LogP contribution in [0.25, 0.3) is 0 Å². The van der Waals surface area contributed by atoms with Gasteiger partial charge in [0.2, 0.25) is 10.0 Å². The van der Waals surface area contributed by atoms with Crippen LogP contribution >= 0.6 is 23.2 Å². The maximum atomic E-state index is 14.2. The highest BCUT2D eigenvalue weighted by atomic mass is 35.5. The van der Waals surface area contributed by atoms with Gasteiger partial charge in [0.15, 0.2) is 5.76 Å². The Balaban J connectivity index is 1.36. The first-order valence-corrected chi connectivity index (χ1v) is 15.4. The summed E-state index contributed by atoms with van der Waals surface area (Å²) in [6.07, 6.45) is 3.34. The molecule has 9 nitrogen and oxygen atoms in total. The highest BCUT2D eigenvalue weighted by Crippen LogP contribution is 2.34. The normalized spacial score (nSPS) is 17.1. The highest BCUT2D eigenvalue weighted by Gasteiger charge is 2.33. The molecule has 2 amide bonds. The Labute approximate surface area is 247 Å². The Kier molecular flexibility index (Phi) is 8.60. The lowest BCUT2D eigenvalue weighted by molar-refractivity contribution is 0.0666. The Bertz CT molecular complexity index is 1550. The van der Waals surface area contributed by atoms with Crippen molar-refractivity contribution in [2.45, 2.75) is 24.7 Å². The fourth-order valence-corrected chi connectivity index (χ4v) is 7.31. The van der Waals surface area contributed by atoms with Gasteiger partial charge in [-0.1, -0.05) is 30.1 Å². The maximum Gasteiger partial charge on any atom is 0.289 e. The molecule has 0 atom stereocenters. The van der Waals surface area contributed by atoms with Crippen molar-refractivity contribution in [1.82, 2.24) is 9.21 Å². The summed E-state index contributed by atoms with van der Waals surface area (Å²) in [6, 6.07) is 9.69. The van der Waals surface area contributed by atoms with E-state index in [0.717, 1.165) is 32.0 Å². The van der Waals surface area contributed by atoms with E-state index in [1.165, 1.54) is 33.7 Å². The molecule has 3 heterocycles. The fourth-order valence-electron chi connectivity index (χ4n) is 5.05. The number of hydrogen-bond donors (Lipinski definition) is 1. The van der Waals surface area contributed by atoms with E-state index < -0.39 is 21.7 Å². The van der Waals surface area contributed by atoms with Gasteiger partial charge in [-0.25, -0.2) is 12.8 Å². The molecule has 0 saturated carbocycles. The minimum absolute atomic E-state index is 0.0242. The number of nitrogens with one attached hydrogen (secondary N) is 1. The number of halogens is 3. The molecule has 5 rings (SSSR count). The molecule has 0 spiro atoms. The van der Waals surface area contributed by atoms with Crippen LogP contribution in [0.3, 0.4) is 0 Å². The molecular formula is C28H29Cl2FN4O5S. The predicted octanol–water partition coefficient (Wildman–Crippen LogP) is 5.36. The largest absolute Gasteiger partial charge is 0.459 e. The number of furan rings is 1. The van der Waals surface area contributed by atoms with Crippen molar-refractivity contribution in [3.05, 3.63) is 75.9 Å². The highest BCUT2D eigenvalue weighted by molar-refractivity contribution is 7.89. The van der Waals surface area contributed by atoms with Crippen LogP contribution < -0.4 is 10.2 Å². The van der Waals surface area contributed by atoms with Gasteiger partial charge < -0.3 is 19.5 Å². The lowest BCUT2D eigenvalue weighted by Gasteiger charge is -2.34. The molecule has 41 heavy (non-hydrogen) atoms. The summed E-state index contributed by atoms with van der Waals surface area (Å²) in [4.78, 5) is 29.3. The molecule has 2 saturated heterocycles. The number of hydrogen-bond acceptors (Lipinski definition) is 6. The zero-order chi connectivity index (χ0) is 29.3. The van der Waals surface area contributed by atoms with Crippen LogP contribution in [0.2, 0.25) is 10.0 Å². The smallest absolute Gasteiger partial charge is 0.289 e. The Morgan fingerprint density at radius 3 is 2.34 bits per heavy atom. The lowest BCUT2D eigenvalue weighted by atomic mass is 9.98. The number of piperidine rings is 1. The van der Waals surface area contributed by atoms with Crippen LogP contribution in [0.4, 0.5) is 15.8 Å².